The molecule has 1 heterocycles. The van der Waals surface area contributed by atoms with Crippen LogP contribution in [0.25, 0.3) is 0 Å². The topological polar surface area (TPSA) is 40.5 Å². The summed E-state index contributed by atoms with van der Waals surface area (Å²) in [6.07, 6.45) is 3.97. The van der Waals surface area contributed by atoms with Gasteiger partial charge in [-0.1, -0.05) is 30.7 Å². The molecule has 0 saturated carbocycles. The van der Waals surface area contributed by atoms with E-state index in [1.807, 2.05) is 12.1 Å². The molecule has 1 atom stereocenters. The molecule has 1 aromatic carbocycles. The number of benzene rings is 1. The van der Waals surface area contributed by atoms with Gasteiger partial charge in [-0.25, -0.2) is 4.21 Å². The maximum atomic E-state index is 10.7. The van der Waals surface area contributed by atoms with Gasteiger partial charge in [-0.2, -0.15) is 0 Å². The Hall–Kier alpha value is -0.710. The first-order valence-corrected chi connectivity index (χ1v) is 7.39. The number of nitrogens with zero attached hydrogens (tertiary/aromatic N) is 1. The van der Waals surface area contributed by atoms with E-state index < -0.39 is 11.1 Å². The zero-order chi connectivity index (χ0) is 12.1. The summed E-state index contributed by atoms with van der Waals surface area (Å²) in [5.74, 6) is 0.226. The fourth-order valence-corrected chi connectivity index (χ4v) is 2.74. The smallest absolute Gasteiger partial charge is 0.157 e. The third-order valence-electron chi connectivity index (χ3n) is 3.17. The Morgan fingerprint density at radius 2 is 1.65 bits per heavy atom. The monoisotopic (exact) mass is 253 g/mol. The molecule has 3 nitrogen and oxygen atoms in total. The van der Waals surface area contributed by atoms with Gasteiger partial charge in [0.15, 0.2) is 11.1 Å². The van der Waals surface area contributed by atoms with Crippen molar-refractivity contribution in [3.05, 3.63) is 35.4 Å². The van der Waals surface area contributed by atoms with Crippen molar-refractivity contribution >= 4 is 11.1 Å². The molecule has 1 N–H and O–H groups in total. The first-order chi connectivity index (χ1) is 8.24. The number of likely N-dealkylation sites (tertiary alicyclic amines) is 1. The third-order valence-corrected chi connectivity index (χ3v) is 3.75. The highest BCUT2D eigenvalue weighted by molar-refractivity contribution is 7.78. The van der Waals surface area contributed by atoms with E-state index in [9.17, 15) is 4.21 Å². The van der Waals surface area contributed by atoms with Gasteiger partial charge >= 0.3 is 0 Å². The Bertz CT molecular complexity index is 372. The number of hydrogen-bond donors (Lipinski definition) is 1. The van der Waals surface area contributed by atoms with Crippen molar-refractivity contribution in [3.8, 4) is 0 Å². The van der Waals surface area contributed by atoms with Crippen LogP contribution < -0.4 is 0 Å². The molecule has 0 amide bonds. The van der Waals surface area contributed by atoms with Crippen molar-refractivity contribution in [1.82, 2.24) is 4.90 Å². The molecule has 1 aliphatic heterocycles. The molecule has 0 bridgehead atoms. The van der Waals surface area contributed by atoms with Crippen molar-refractivity contribution in [2.24, 2.45) is 0 Å². The Morgan fingerprint density at radius 3 is 2.24 bits per heavy atom. The summed E-state index contributed by atoms with van der Waals surface area (Å²) in [5.41, 5.74) is 2.22. The maximum Gasteiger partial charge on any atom is 0.157 e. The van der Waals surface area contributed by atoms with Crippen molar-refractivity contribution in [3.63, 3.8) is 0 Å². The SMILES string of the molecule is O=S(O)Cc1ccc(CN2CCCCC2)cc1. The maximum absolute atomic E-state index is 10.7. The summed E-state index contributed by atoms with van der Waals surface area (Å²) >= 11 is -1.74. The average Bonchev–Trinajstić information content (AvgIpc) is 2.32. The van der Waals surface area contributed by atoms with Crippen LogP contribution in [0.5, 0.6) is 0 Å². The summed E-state index contributed by atoms with van der Waals surface area (Å²) in [6.45, 7) is 3.40. The zero-order valence-electron chi connectivity index (χ0n) is 9.97. The lowest BCUT2D eigenvalue weighted by Crippen LogP contribution is -2.29. The van der Waals surface area contributed by atoms with Crippen LogP contribution >= 0.6 is 0 Å². The lowest BCUT2D eigenvalue weighted by Gasteiger charge is -2.26. The summed E-state index contributed by atoms with van der Waals surface area (Å²) in [4.78, 5) is 2.47. The fourth-order valence-electron chi connectivity index (χ4n) is 2.26. The van der Waals surface area contributed by atoms with E-state index in [2.05, 4.69) is 17.0 Å². The van der Waals surface area contributed by atoms with Gasteiger partial charge in [-0.15, -0.1) is 0 Å². The lowest BCUT2D eigenvalue weighted by molar-refractivity contribution is 0.221. The highest BCUT2D eigenvalue weighted by Crippen LogP contribution is 2.14. The predicted molar refractivity (Wildman–Crippen MR) is 70.0 cm³/mol. The van der Waals surface area contributed by atoms with E-state index in [0.29, 0.717) is 0 Å². The average molecular weight is 253 g/mol. The van der Waals surface area contributed by atoms with Gasteiger partial charge in [0.25, 0.3) is 0 Å². The second-order valence-corrected chi connectivity index (χ2v) is 5.55. The molecule has 1 fully saturated rings. The Morgan fingerprint density at radius 1 is 1.06 bits per heavy atom. The number of piperidine rings is 1. The molecule has 94 valence electrons. The Kier molecular flexibility index (Phi) is 4.71. The van der Waals surface area contributed by atoms with Gasteiger partial charge in [0.05, 0.1) is 5.75 Å². The molecule has 17 heavy (non-hydrogen) atoms. The predicted octanol–water partition coefficient (Wildman–Crippen LogP) is 2.39. The van der Waals surface area contributed by atoms with Crippen molar-refractivity contribution in [2.45, 2.75) is 31.6 Å². The third kappa shape index (κ3) is 4.22. The first kappa shape index (κ1) is 12.7. The molecular weight excluding hydrogens is 234 g/mol. The molecule has 2 rings (SSSR count). The minimum Gasteiger partial charge on any atom is -0.306 e. The Balaban J connectivity index is 1.90. The van der Waals surface area contributed by atoms with Crippen LogP contribution in [0.15, 0.2) is 24.3 Å². The van der Waals surface area contributed by atoms with Gasteiger partial charge in [-0.3, -0.25) is 4.90 Å². The normalized spacial score (nSPS) is 19.1. The van der Waals surface area contributed by atoms with Crippen LogP contribution in [0.1, 0.15) is 30.4 Å². The molecule has 1 aliphatic rings. The quantitative estimate of drug-likeness (QED) is 0.838. The molecule has 0 spiro atoms. The van der Waals surface area contributed by atoms with Crippen LogP contribution in [0.3, 0.4) is 0 Å². The molecular formula is C13H19NO2S. The minimum absolute atomic E-state index is 0.226. The largest absolute Gasteiger partial charge is 0.306 e. The standard InChI is InChI=1S/C13H19NO2S/c15-17(16)11-13-6-4-12(5-7-13)10-14-8-2-1-3-9-14/h4-7H,1-3,8-11H2,(H,15,16). The van der Waals surface area contributed by atoms with Crippen LogP contribution in [0, 0.1) is 0 Å². The lowest BCUT2D eigenvalue weighted by atomic mass is 10.1. The number of hydrogen-bond acceptors (Lipinski definition) is 2. The van der Waals surface area contributed by atoms with Crippen molar-refractivity contribution < 1.29 is 8.76 Å². The molecule has 0 aliphatic carbocycles. The van der Waals surface area contributed by atoms with E-state index >= 15 is 0 Å². The fraction of sp³-hybridized carbons (Fsp3) is 0.538. The van der Waals surface area contributed by atoms with E-state index in [0.717, 1.165) is 12.1 Å². The van der Waals surface area contributed by atoms with Gasteiger partial charge in [0.2, 0.25) is 0 Å². The molecule has 1 aromatic rings. The summed E-state index contributed by atoms with van der Waals surface area (Å²) < 4.78 is 19.5. The number of rotatable bonds is 4. The van der Waals surface area contributed by atoms with Gasteiger partial charge in [0.1, 0.15) is 0 Å². The van der Waals surface area contributed by atoms with Crippen molar-refractivity contribution in [2.75, 3.05) is 13.1 Å². The second-order valence-electron chi connectivity index (χ2n) is 4.62. The van der Waals surface area contributed by atoms with E-state index in [-0.39, 0.29) is 5.75 Å². The molecule has 1 unspecified atom stereocenters. The van der Waals surface area contributed by atoms with Crippen LogP contribution in [-0.2, 0) is 23.4 Å². The zero-order valence-corrected chi connectivity index (χ0v) is 10.8. The summed E-state index contributed by atoms with van der Waals surface area (Å²) in [5, 5.41) is 0. The molecule has 0 aromatic heterocycles. The molecule has 0 radical (unpaired) electrons. The second kappa shape index (κ2) is 6.28. The van der Waals surface area contributed by atoms with Crippen LogP contribution in [0.2, 0.25) is 0 Å². The highest BCUT2D eigenvalue weighted by atomic mass is 32.2. The molecule has 4 heteroatoms. The highest BCUT2D eigenvalue weighted by Gasteiger charge is 2.10. The Labute approximate surface area is 105 Å². The van der Waals surface area contributed by atoms with Crippen LogP contribution in [0.4, 0.5) is 0 Å². The minimum atomic E-state index is -1.74. The van der Waals surface area contributed by atoms with E-state index in [1.165, 1.54) is 37.9 Å². The van der Waals surface area contributed by atoms with Crippen molar-refractivity contribution in [1.29, 1.82) is 0 Å². The van der Waals surface area contributed by atoms with Gasteiger partial charge in [0, 0.05) is 6.54 Å². The van der Waals surface area contributed by atoms with Gasteiger partial charge in [-0.05, 0) is 37.1 Å². The van der Waals surface area contributed by atoms with Gasteiger partial charge < -0.3 is 4.55 Å². The van der Waals surface area contributed by atoms with Crippen LogP contribution in [-0.4, -0.2) is 26.8 Å². The van der Waals surface area contributed by atoms with E-state index in [4.69, 9.17) is 4.55 Å². The summed E-state index contributed by atoms with van der Waals surface area (Å²) in [6, 6.07) is 8.04. The first-order valence-electron chi connectivity index (χ1n) is 6.12. The molecule has 1 saturated heterocycles. The summed E-state index contributed by atoms with van der Waals surface area (Å²) in [7, 11) is 0. The van der Waals surface area contributed by atoms with E-state index in [1.54, 1.807) is 0 Å².